The molecule has 0 spiro atoms. The Kier molecular flexibility index (Phi) is 4.00. The minimum absolute atomic E-state index is 0.458. The fourth-order valence-corrected chi connectivity index (χ4v) is 3.20. The van der Waals surface area contributed by atoms with Gasteiger partial charge in [0, 0.05) is 18.4 Å². The monoisotopic (exact) mass is 356 g/mol. The van der Waals surface area contributed by atoms with E-state index in [4.69, 9.17) is 23.2 Å². The number of aromatic nitrogens is 2. The summed E-state index contributed by atoms with van der Waals surface area (Å²) in [6.07, 6.45) is 2.76. The normalized spacial score (nSPS) is 13.0. The molecule has 0 aliphatic carbocycles. The van der Waals surface area contributed by atoms with E-state index in [0.29, 0.717) is 21.7 Å². The molecule has 0 saturated carbocycles. The van der Waals surface area contributed by atoms with Gasteiger partial charge in [-0.3, -0.25) is 0 Å². The second kappa shape index (κ2) is 6.30. The van der Waals surface area contributed by atoms with Crippen molar-refractivity contribution in [1.82, 2.24) is 9.97 Å². The molecule has 0 fully saturated rings. The largest absolute Gasteiger partial charge is 0.326 e. The van der Waals surface area contributed by atoms with Gasteiger partial charge >= 0.3 is 0 Å². The number of rotatable bonds is 3. The highest BCUT2D eigenvalue weighted by molar-refractivity contribution is 6.43. The molecule has 2 aromatic carbocycles. The van der Waals surface area contributed by atoms with Crippen molar-refractivity contribution >= 4 is 46.3 Å². The van der Waals surface area contributed by atoms with Crippen LogP contribution < -0.4 is 10.2 Å². The Morgan fingerprint density at radius 1 is 1.00 bits per heavy atom. The Bertz CT molecular complexity index is 898. The van der Waals surface area contributed by atoms with Gasteiger partial charge < -0.3 is 10.2 Å². The molecule has 0 radical (unpaired) electrons. The van der Waals surface area contributed by atoms with Crippen molar-refractivity contribution in [3.8, 4) is 0 Å². The average Bonchev–Trinajstić information content (AvgIpc) is 3.03. The van der Waals surface area contributed by atoms with Crippen LogP contribution in [-0.4, -0.2) is 16.5 Å². The number of nitrogens with one attached hydrogen (secondary N) is 1. The molecule has 2 heterocycles. The van der Waals surface area contributed by atoms with Crippen LogP contribution in [0.1, 0.15) is 5.56 Å². The predicted molar refractivity (Wildman–Crippen MR) is 98.9 cm³/mol. The highest BCUT2D eigenvalue weighted by Gasteiger charge is 2.21. The maximum absolute atomic E-state index is 6.22. The van der Waals surface area contributed by atoms with Crippen molar-refractivity contribution in [3.63, 3.8) is 0 Å². The first kappa shape index (κ1) is 15.2. The lowest BCUT2D eigenvalue weighted by Crippen LogP contribution is -2.15. The summed E-state index contributed by atoms with van der Waals surface area (Å²) in [5.41, 5.74) is 3.22. The number of fused-ring (bicyclic) bond motifs is 1. The third kappa shape index (κ3) is 2.79. The van der Waals surface area contributed by atoms with E-state index >= 15 is 0 Å². The lowest BCUT2D eigenvalue weighted by atomic mass is 10.2. The number of hydrogen-bond donors (Lipinski definition) is 1. The summed E-state index contributed by atoms with van der Waals surface area (Å²) >= 11 is 12.3. The second-order valence-corrected chi connectivity index (χ2v) is 6.28. The quantitative estimate of drug-likeness (QED) is 0.698. The van der Waals surface area contributed by atoms with E-state index in [1.807, 2.05) is 24.3 Å². The molecule has 0 unspecified atom stereocenters. The molecular weight excluding hydrogens is 343 g/mol. The molecule has 0 bridgehead atoms. The fraction of sp³-hybridized carbons (Fsp3) is 0.111. The van der Waals surface area contributed by atoms with Gasteiger partial charge in [-0.1, -0.05) is 47.5 Å². The molecule has 0 saturated heterocycles. The number of benzene rings is 2. The van der Waals surface area contributed by atoms with E-state index in [1.54, 1.807) is 12.3 Å². The zero-order valence-electron chi connectivity index (χ0n) is 12.7. The van der Waals surface area contributed by atoms with Crippen molar-refractivity contribution in [1.29, 1.82) is 0 Å². The Balaban J connectivity index is 1.64. The lowest BCUT2D eigenvalue weighted by Gasteiger charge is -2.19. The number of nitrogens with zero attached hydrogens (tertiary/aromatic N) is 3. The summed E-state index contributed by atoms with van der Waals surface area (Å²) in [5, 5.41) is 4.09. The lowest BCUT2D eigenvalue weighted by molar-refractivity contribution is 0.966. The van der Waals surface area contributed by atoms with Gasteiger partial charge in [-0.15, -0.1) is 0 Å². The molecule has 1 aromatic heterocycles. The van der Waals surface area contributed by atoms with E-state index < -0.39 is 0 Å². The van der Waals surface area contributed by atoms with Crippen LogP contribution in [0.2, 0.25) is 10.0 Å². The number of anilines is 4. The maximum atomic E-state index is 6.22. The van der Waals surface area contributed by atoms with Crippen LogP contribution in [0.4, 0.5) is 23.1 Å². The number of hydrogen-bond acceptors (Lipinski definition) is 4. The van der Waals surface area contributed by atoms with Crippen LogP contribution >= 0.6 is 23.2 Å². The van der Waals surface area contributed by atoms with Gasteiger partial charge in [-0.05, 0) is 36.2 Å². The van der Waals surface area contributed by atoms with E-state index in [1.165, 1.54) is 11.3 Å². The Morgan fingerprint density at radius 2 is 1.88 bits per heavy atom. The summed E-state index contributed by atoms with van der Waals surface area (Å²) in [5.74, 6) is 1.34. The van der Waals surface area contributed by atoms with E-state index in [0.717, 1.165) is 18.8 Å². The molecular formula is C18H14Cl2N4. The van der Waals surface area contributed by atoms with Crippen molar-refractivity contribution in [3.05, 3.63) is 70.3 Å². The Morgan fingerprint density at radius 3 is 2.79 bits per heavy atom. The van der Waals surface area contributed by atoms with Crippen LogP contribution in [0.3, 0.4) is 0 Å². The van der Waals surface area contributed by atoms with Gasteiger partial charge in [0.2, 0.25) is 5.95 Å². The van der Waals surface area contributed by atoms with E-state index in [2.05, 4.69) is 38.4 Å². The molecule has 4 nitrogen and oxygen atoms in total. The SMILES string of the molecule is Clc1cccc(Nc2nccc(N3CCc4ccccc43)n2)c1Cl. The molecule has 4 rings (SSSR count). The molecule has 6 heteroatoms. The standard InChI is InChI=1S/C18H14Cl2N4/c19-13-5-3-6-14(17(13)20)22-18-21-10-8-16(23-18)24-11-9-12-4-1-2-7-15(12)24/h1-8,10H,9,11H2,(H,21,22,23). The summed E-state index contributed by atoms with van der Waals surface area (Å²) in [6, 6.07) is 15.7. The van der Waals surface area contributed by atoms with E-state index in [-0.39, 0.29) is 0 Å². The first-order chi connectivity index (χ1) is 11.7. The molecule has 0 atom stereocenters. The molecule has 1 aliphatic heterocycles. The predicted octanol–water partition coefficient (Wildman–Crippen LogP) is 5.22. The summed E-state index contributed by atoms with van der Waals surface area (Å²) in [6.45, 7) is 0.910. The van der Waals surface area contributed by atoms with E-state index in [9.17, 15) is 0 Å². The Hall–Kier alpha value is -2.30. The zero-order valence-corrected chi connectivity index (χ0v) is 14.2. The first-order valence-corrected chi connectivity index (χ1v) is 8.37. The zero-order chi connectivity index (χ0) is 16.5. The molecule has 0 amide bonds. The van der Waals surface area contributed by atoms with Gasteiger partial charge in [0.15, 0.2) is 0 Å². The molecule has 24 heavy (non-hydrogen) atoms. The topological polar surface area (TPSA) is 41.1 Å². The molecule has 120 valence electrons. The van der Waals surface area contributed by atoms with Gasteiger partial charge in [0.25, 0.3) is 0 Å². The van der Waals surface area contributed by atoms with Crippen LogP contribution in [-0.2, 0) is 6.42 Å². The van der Waals surface area contributed by atoms with Crippen LogP contribution in [0.25, 0.3) is 0 Å². The molecule has 1 aliphatic rings. The Labute approximate surface area is 150 Å². The minimum Gasteiger partial charge on any atom is -0.326 e. The molecule has 1 N–H and O–H groups in total. The summed E-state index contributed by atoms with van der Waals surface area (Å²) < 4.78 is 0. The van der Waals surface area contributed by atoms with Crippen molar-refractivity contribution in [2.24, 2.45) is 0 Å². The summed E-state index contributed by atoms with van der Waals surface area (Å²) in [7, 11) is 0. The minimum atomic E-state index is 0.458. The van der Waals surface area contributed by atoms with Crippen molar-refractivity contribution < 1.29 is 0 Å². The highest BCUT2D eigenvalue weighted by atomic mass is 35.5. The van der Waals surface area contributed by atoms with Crippen LogP contribution in [0.5, 0.6) is 0 Å². The van der Waals surface area contributed by atoms with Gasteiger partial charge in [0.1, 0.15) is 5.82 Å². The average molecular weight is 357 g/mol. The van der Waals surface area contributed by atoms with Gasteiger partial charge in [-0.25, -0.2) is 4.98 Å². The van der Waals surface area contributed by atoms with Crippen molar-refractivity contribution in [2.75, 3.05) is 16.8 Å². The van der Waals surface area contributed by atoms with Gasteiger partial charge in [0.05, 0.1) is 15.7 Å². The number of para-hydroxylation sites is 1. The smallest absolute Gasteiger partial charge is 0.229 e. The fourth-order valence-electron chi connectivity index (χ4n) is 2.86. The van der Waals surface area contributed by atoms with Gasteiger partial charge in [-0.2, -0.15) is 4.98 Å². The molecule has 3 aromatic rings. The third-order valence-corrected chi connectivity index (χ3v) is 4.82. The van der Waals surface area contributed by atoms with Crippen LogP contribution in [0.15, 0.2) is 54.7 Å². The third-order valence-electron chi connectivity index (χ3n) is 4.00. The van der Waals surface area contributed by atoms with Crippen molar-refractivity contribution in [2.45, 2.75) is 6.42 Å². The second-order valence-electron chi connectivity index (χ2n) is 5.50. The number of halogens is 2. The first-order valence-electron chi connectivity index (χ1n) is 7.62. The highest BCUT2D eigenvalue weighted by Crippen LogP contribution is 2.34. The summed E-state index contributed by atoms with van der Waals surface area (Å²) in [4.78, 5) is 11.1. The van der Waals surface area contributed by atoms with Crippen LogP contribution in [0, 0.1) is 0 Å². The maximum Gasteiger partial charge on any atom is 0.229 e.